The van der Waals surface area contributed by atoms with Crippen LogP contribution < -0.4 is 9.80 Å². The highest BCUT2D eigenvalue weighted by Gasteiger charge is 2.17. The van der Waals surface area contributed by atoms with E-state index in [1.54, 1.807) is 6.26 Å². The Hall–Kier alpha value is -1.86. The maximum Gasteiger partial charge on any atom is 0.231 e. The van der Waals surface area contributed by atoms with Crippen molar-refractivity contribution in [2.75, 3.05) is 43.2 Å². The second kappa shape index (κ2) is 6.28. The molecule has 1 saturated heterocycles. The Kier molecular flexibility index (Phi) is 4.21. The Morgan fingerprint density at radius 3 is 2.81 bits per heavy atom. The van der Waals surface area contributed by atoms with Gasteiger partial charge in [0.2, 0.25) is 17.2 Å². The van der Waals surface area contributed by atoms with Crippen molar-refractivity contribution in [2.24, 2.45) is 0 Å². The van der Waals surface area contributed by atoms with Gasteiger partial charge in [0.1, 0.15) is 5.76 Å². The van der Waals surface area contributed by atoms with E-state index in [4.69, 9.17) is 20.8 Å². The molecule has 0 bridgehead atoms. The van der Waals surface area contributed by atoms with Crippen LogP contribution in [0.5, 0.6) is 0 Å². The van der Waals surface area contributed by atoms with Crippen LogP contribution in [0, 0.1) is 0 Å². The van der Waals surface area contributed by atoms with Crippen LogP contribution in [0.3, 0.4) is 0 Å². The predicted octanol–water partition coefficient (Wildman–Crippen LogP) is 1.59. The van der Waals surface area contributed by atoms with Crippen LogP contribution in [0.4, 0.5) is 11.9 Å². The molecule has 0 atom stereocenters. The van der Waals surface area contributed by atoms with Crippen molar-refractivity contribution in [3.8, 4) is 0 Å². The van der Waals surface area contributed by atoms with Gasteiger partial charge in [0.15, 0.2) is 0 Å². The first-order valence-electron chi connectivity index (χ1n) is 6.70. The molecule has 0 N–H and O–H groups in total. The first kappa shape index (κ1) is 14.1. The summed E-state index contributed by atoms with van der Waals surface area (Å²) in [6.07, 6.45) is 1.64. The lowest BCUT2D eigenvalue weighted by Crippen LogP contribution is -2.37. The molecule has 0 aromatic carbocycles. The van der Waals surface area contributed by atoms with E-state index in [9.17, 15) is 0 Å². The van der Waals surface area contributed by atoms with Crippen LogP contribution in [-0.2, 0) is 11.3 Å². The summed E-state index contributed by atoms with van der Waals surface area (Å²) >= 11 is 6.02. The largest absolute Gasteiger partial charge is 0.467 e. The van der Waals surface area contributed by atoms with Gasteiger partial charge in [-0.15, -0.1) is 0 Å². The highest BCUT2D eigenvalue weighted by atomic mass is 35.5. The standard InChI is InChI=1S/C13H16ClN5O2/c1-18(9-10-3-2-6-21-10)12-15-11(14)16-13(17-12)19-4-7-20-8-5-19/h2-3,6H,4-5,7-9H2,1H3. The van der Waals surface area contributed by atoms with Crippen LogP contribution >= 0.6 is 11.6 Å². The molecule has 112 valence electrons. The maximum atomic E-state index is 6.02. The van der Waals surface area contributed by atoms with Gasteiger partial charge in [-0.2, -0.15) is 15.0 Å². The minimum Gasteiger partial charge on any atom is -0.467 e. The van der Waals surface area contributed by atoms with Gasteiger partial charge in [0.05, 0.1) is 26.0 Å². The molecule has 0 saturated carbocycles. The first-order valence-corrected chi connectivity index (χ1v) is 7.08. The number of anilines is 2. The SMILES string of the molecule is CN(Cc1ccco1)c1nc(Cl)nc(N2CCOCC2)n1. The molecule has 2 aromatic heterocycles. The monoisotopic (exact) mass is 309 g/mol. The van der Waals surface area contributed by atoms with Gasteiger partial charge in [-0.05, 0) is 23.7 Å². The fourth-order valence-electron chi connectivity index (χ4n) is 2.11. The number of morpholine rings is 1. The van der Waals surface area contributed by atoms with Crippen LogP contribution in [0.2, 0.25) is 5.28 Å². The molecular formula is C13H16ClN5O2. The molecule has 1 aliphatic rings. The number of halogens is 1. The van der Waals surface area contributed by atoms with E-state index in [0.29, 0.717) is 31.7 Å². The minimum absolute atomic E-state index is 0.188. The molecule has 2 aromatic rings. The quantitative estimate of drug-likeness (QED) is 0.849. The topological polar surface area (TPSA) is 67.5 Å². The normalized spacial score (nSPS) is 15.2. The summed E-state index contributed by atoms with van der Waals surface area (Å²) in [6.45, 7) is 3.40. The van der Waals surface area contributed by atoms with Gasteiger partial charge in [-0.25, -0.2) is 0 Å². The number of rotatable bonds is 4. The molecule has 21 heavy (non-hydrogen) atoms. The Balaban J connectivity index is 1.79. The van der Waals surface area contributed by atoms with Gasteiger partial charge in [0.25, 0.3) is 0 Å². The summed E-state index contributed by atoms with van der Waals surface area (Å²) in [7, 11) is 1.89. The van der Waals surface area contributed by atoms with Crippen LogP contribution in [0.15, 0.2) is 22.8 Å². The molecule has 1 fully saturated rings. The maximum absolute atomic E-state index is 6.02. The lowest BCUT2D eigenvalue weighted by Gasteiger charge is -2.27. The summed E-state index contributed by atoms with van der Waals surface area (Å²) in [5.41, 5.74) is 0. The average Bonchev–Trinajstić information content (AvgIpc) is 3.00. The Bertz CT molecular complexity index is 586. The van der Waals surface area contributed by atoms with E-state index in [2.05, 4.69) is 15.0 Å². The van der Waals surface area contributed by atoms with E-state index in [0.717, 1.165) is 18.8 Å². The highest BCUT2D eigenvalue weighted by molar-refractivity contribution is 6.28. The second-order valence-corrected chi connectivity index (χ2v) is 5.08. The van der Waals surface area contributed by atoms with Gasteiger partial charge < -0.3 is 19.0 Å². The fraction of sp³-hybridized carbons (Fsp3) is 0.462. The summed E-state index contributed by atoms with van der Waals surface area (Å²) in [5.74, 6) is 1.94. The first-order chi connectivity index (χ1) is 10.2. The summed E-state index contributed by atoms with van der Waals surface area (Å²) in [5, 5.41) is 0.188. The van der Waals surface area contributed by atoms with Crippen molar-refractivity contribution in [1.29, 1.82) is 0 Å². The summed E-state index contributed by atoms with van der Waals surface area (Å²) < 4.78 is 10.7. The molecule has 1 aliphatic heterocycles. The highest BCUT2D eigenvalue weighted by Crippen LogP contribution is 2.18. The van der Waals surface area contributed by atoms with Crippen molar-refractivity contribution < 1.29 is 9.15 Å². The van der Waals surface area contributed by atoms with E-state index < -0.39 is 0 Å². The molecule has 0 radical (unpaired) electrons. The molecule has 0 spiro atoms. The van der Waals surface area contributed by atoms with E-state index in [1.807, 2.05) is 29.0 Å². The van der Waals surface area contributed by atoms with Crippen LogP contribution in [0.25, 0.3) is 0 Å². The van der Waals surface area contributed by atoms with E-state index >= 15 is 0 Å². The number of furan rings is 1. The summed E-state index contributed by atoms with van der Waals surface area (Å²) in [6, 6.07) is 3.75. The third kappa shape index (κ3) is 3.43. The smallest absolute Gasteiger partial charge is 0.231 e. The Labute approximate surface area is 127 Å². The molecule has 7 nitrogen and oxygen atoms in total. The zero-order chi connectivity index (χ0) is 14.7. The van der Waals surface area contributed by atoms with Crippen molar-refractivity contribution in [3.05, 3.63) is 29.4 Å². The molecule has 0 aliphatic carbocycles. The number of hydrogen-bond donors (Lipinski definition) is 0. The Morgan fingerprint density at radius 2 is 2.10 bits per heavy atom. The molecule has 3 heterocycles. The third-order valence-corrected chi connectivity index (χ3v) is 3.36. The molecule has 0 amide bonds. The number of aromatic nitrogens is 3. The number of hydrogen-bond acceptors (Lipinski definition) is 7. The molecule has 0 unspecified atom stereocenters. The fourth-order valence-corrected chi connectivity index (χ4v) is 2.26. The zero-order valence-corrected chi connectivity index (χ0v) is 12.5. The van der Waals surface area contributed by atoms with Gasteiger partial charge >= 0.3 is 0 Å². The van der Waals surface area contributed by atoms with Crippen molar-refractivity contribution in [2.45, 2.75) is 6.54 Å². The van der Waals surface area contributed by atoms with Gasteiger partial charge in [0, 0.05) is 20.1 Å². The summed E-state index contributed by atoms with van der Waals surface area (Å²) in [4.78, 5) is 16.8. The van der Waals surface area contributed by atoms with Crippen LogP contribution in [0.1, 0.15) is 5.76 Å². The second-order valence-electron chi connectivity index (χ2n) is 4.74. The molecule has 3 rings (SSSR count). The van der Waals surface area contributed by atoms with E-state index in [1.165, 1.54) is 0 Å². The number of ether oxygens (including phenoxy) is 1. The third-order valence-electron chi connectivity index (χ3n) is 3.19. The molecule has 8 heteroatoms. The minimum atomic E-state index is 0.188. The van der Waals surface area contributed by atoms with Crippen molar-refractivity contribution in [1.82, 2.24) is 15.0 Å². The van der Waals surface area contributed by atoms with Crippen LogP contribution in [-0.4, -0.2) is 48.3 Å². The lowest BCUT2D eigenvalue weighted by atomic mass is 10.4. The lowest BCUT2D eigenvalue weighted by molar-refractivity contribution is 0.122. The molecular weight excluding hydrogens is 294 g/mol. The average molecular weight is 310 g/mol. The zero-order valence-electron chi connectivity index (χ0n) is 11.7. The van der Waals surface area contributed by atoms with E-state index in [-0.39, 0.29) is 5.28 Å². The van der Waals surface area contributed by atoms with Gasteiger partial charge in [-0.1, -0.05) is 0 Å². The van der Waals surface area contributed by atoms with Crippen molar-refractivity contribution in [3.63, 3.8) is 0 Å². The van der Waals surface area contributed by atoms with Crippen molar-refractivity contribution >= 4 is 23.5 Å². The Morgan fingerprint density at radius 1 is 1.29 bits per heavy atom. The van der Waals surface area contributed by atoms with Gasteiger partial charge in [-0.3, -0.25) is 0 Å². The predicted molar refractivity (Wildman–Crippen MR) is 78.7 cm³/mol. The number of nitrogens with zero attached hydrogens (tertiary/aromatic N) is 5.